The molecule has 29 heavy (non-hydrogen) atoms. The minimum atomic E-state index is -3.79. The Bertz CT molecular complexity index is 1080. The molecule has 0 aliphatic rings. The molecular weight excluding hydrogens is 388 g/mol. The molecule has 3 rings (SSSR count). The molecule has 0 radical (unpaired) electrons. The summed E-state index contributed by atoms with van der Waals surface area (Å²) in [6.45, 7) is 0. The summed E-state index contributed by atoms with van der Waals surface area (Å²) in [5, 5.41) is 8.77. The van der Waals surface area contributed by atoms with Crippen molar-refractivity contribution in [3.05, 3.63) is 84.4 Å². The van der Waals surface area contributed by atoms with Gasteiger partial charge in [0.05, 0.1) is 16.3 Å². The number of anilines is 3. The zero-order chi connectivity index (χ0) is 20.9. The van der Waals surface area contributed by atoms with Crippen LogP contribution in [-0.4, -0.2) is 26.5 Å². The molecule has 7 heteroatoms. The summed E-state index contributed by atoms with van der Waals surface area (Å²) in [5.74, 6) is -0.887. The van der Waals surface area contributed by atoms with Gasteiger partial charge >= 0.3 is 5.97 Å². The van der Waals surface area contributed by atoms with Crippen molar-refractivity contribution in [3.8, 4) is 0 Å². The van der Waals surface area contributed by atoms with Crippen LogP contribution in [0.25, 0.3) is 0 Å². The second-order valence-electron chi connectivity index (χ2n) is 6.55. The van der Waals surface area contributed by atoms with Crippen molar-refractivity contribution in [2.24, 2.45) is 0 Å². The lowest BCUT2D eigenvalue weighted by atomic mass is 10.1. The highest BCUT2D eigenvalue weighted by Crippen LogP contribution is 2.32. The Kier molecular flexibility index (Phi) is 6.19. The van der Waals surface area contributed by atoms with Gasteiger partial charge in [-0.05, 0) is 48.4 Å². The highest BCUT2D eigenvalue weighted by Gasteiger charge is 2.18. The van der Waals surface area contributed by atoms with E-state index in [1.54, 1.807) is 24.3 Å². The van der Waals surface area contributed by atoms with E-state index in [1.807, 2.05) is 54.4 Å². The van der Waals surface area contributed by atoms with Crippen LogP contribution in [0, 0.1) is 0 Å². The third-order valence-electron chi connectivity index (χ3n) is 4.51. The molecule has 150 valence electrons. The Morgan fingerprint density at radius 3 is 2.21 bits per heavy atom. The molecule has 0 fully saturated rings. The van der Waals surface area contributed by atoms with Crippen LogP contribution in [0.5, 0.6) is 0 Å². The van der Waals surface area contributed by atoms with Gasteiger partial charge in [-0.15, -0.1) is 0 Å². The lowest BCUT2D eigenvalue weighted by Gasteiger charge is -2.23. The van der Waals surface area contributed by atoms with Crippen LogP contribution >= 0.6 is 0 Å². The van der Waals surface area contributed by atoms with Crippen LogP contribution in [0.2, 0.25) is 0 Å². The Morgan fingerprint density at radius 2 is 1.55 bits per heavy atom. The van der Waals surface area contributed by atoms with Gasteiger partial charge in [0.25, 0.3) is 10.0 Å². The minimum absolute atomic E-state index is 0.00351. The van der Waals surface area contributed by atoms with E-state index in [1.165, 1.54) is 12.1 Å². The first-order chi connectivity index (χ1) is 13.9. The molecule has 0 aliphatic carbocycles. The number of para-hydroxylation sites is 3. The molecule has 0 amide bonds. The van der Waals surface area contributed by atoms with Crippen LogP contribution in [0.1, 0.15) is 12.0 Å². The summed E-state index contributed by atoms with van der Waals surface area (Å²) < 4.78 is 28.4. The largest absolute Gasteiger partial charge is 0.481 e. The first-order valence-corrected chi connectivity index (χ1v) is 10.6. The van der Waals surface area contributed by atoms with Crippen LogP contribution in [0.15, 0.2) is 83.8 Å². The minimum Gasteiger partial charge on any atom is -0.481 e. The van der Waals surface area contributed by atoms with Crippen molar-refractivity contribution >= 4 is 33.1 Å². The lowest BCUT2D eigenvalue weighted by molar-refractivity contribution is -0.136. The van der Waals surface area contributed by atoms with E-state index >= 15 is 0 Å². The number of carboxylic acids is 1. The first kappa shape index (κ1) is 20.4. The maximum Gasteiger partial charge on any atom is 0.303 e. The zero-order valence-corrected chi connectivity index (χ0v) is 16.8. The van der Waals surface area contributed by atoms with Gasteiger partial charge in [0, 0.05) is 19.2 Å². The van der Waals surface area contributed by atoms with Crippen molar-refractivity contribution < 1.29 is 18.3 Å². The Morgan fingerprint density at radius 1 is 0.931 bits per heavy atom. The monoisotopic (exact) mass is 410 g/mol. The third kappa shape index (κ3) is 5.14. The number of nitrogens with one attached hydrogen (secondary N) is 1. The van der Waals surface area contributed by atoms with Crippen molar-refractivity contribution in [1.82, 2.24) is 0 Å². The molecule has 0 atom stereocenters. The van der Waals surface area contributed by atoms with Gasteiger partial charge in [0.2, 0.25) is 0 Å². The number of aryl methyl sites for hydroxylation is 1. The number of aliphatic carboxylic acids is 1. The van der Waals surface area contributed by atoms with Crippen LogP contribution < -0.4 is 9.62 Å². The highest BCUT2D eigenvalue weighted by atomic mass is 32.2. The van der Waals surface area contributed by atoms with Gasteiger partial charge in [0.15, 0.2) is 0 Å². The first-order valence-electron chi connectivity index (χ1n) is 9.08. The summed E-state index contributed by atoms with van der Waals surface area (Å²) in [7, 11) is -1.92. The van der Waals surface area contributed by atoms with E-state index < -0.39 is 16.0 Å². The molecular formula is C22H22N2O4S. The van der Waals surface area contributed by atoms with Gasteiger partial charge in [-0.2, -0.15) is 0 Å². The summed E-state index contributed by atoms with van der Waals surface area (Å²) in [4.78, 5) is 12.7. The van der Waals surface area contributed by atoms with Gasteiger partial charge in [0.1, 0.15) is 0 Å². The zero-order valence-electron chi connectivity index (χ0n) is 15.9. The predicted molar refractivity (Wildman–Crippen MR) is 114 cm³/mol. The molecule has 0 saturated heterocycles. The van der Waals surface area contributed by atoms with E-state index in [2.05, 4.69) is 4.72 Å². The lowest BCUT2D eigenvalue weighted by Crippen LogP contribution is -2.17. The third-order valence-corrected chi connectivity index (χ3v) is 5.90. The highest BCUT2D eigenvalue weighted by molar-refractivity contribution is 7.92. The summed E-state index contributed by atoms with van der Waals surface area (Å²) in [6.07, 6.45) is 0.358. The van der Waals surface area contributed by atoms with Gasteiger partial charge in [-0.1, -0.05) is 42.5 Å². The normalized spacial score (nSPS) is 11.1. The molecule has 6 nitrogen and oxygen atoms in total. The fourth-order valence-corrected chi connectivity index (χ4v) is 4.01. The smallest absolute Gasteiger partial charge is 0.303 e. The van der Waals surface area contributed by atoms with Crippen molar-refractivity contribution in [1.29, 1.82) is 0 Å². The number of sulfonamides is 1. The van der Waals surface area contributed by atoms with E-state index in [0.717, 1.165) is 16.9 Å². The molecule has 0 unspecified atom stereocenters. The topological polar surface area (TPSA) is 86.7 Å². The number of benzene rings is 3. The van der Waals surface area contributed by atoms with E-state index in [9.17, 15) is 13.2 Å². The number of rotatable bonds is 8. The Labute approximate surface area is 170 Å². The van der Waals surface area contributed by atoms with Crippen LogP contribution in [-0.2, 0) is 21.2 Å². The number of carbonyl (C=O) groups is 1. The van der Waals surface area contributed by atoms with Crippen molar-refractivity contribution in [3.63, 3.8) is 0 Å². The Balaban J connectivity index is 1.83. The molecule has 2 N–H and O–H groups in total. The average Bonchev–Trinajstić information content (AvgIpc) is 2.73. The van der Waals surface area contributed by atoms with Gasteiger partial charge in [-0.3, -0.25) is 9.52 Å². The summed E-state index contributed by atoms with van der Waals surface area (Å²) >= 11 is 0. The average molecular weight is 410 g/mol. The van der Waals surface area contributed by atoms with Gasteiger partial charge in [-0.25, -0.2) is 8.42 Å². The molecule has 0 saturated carbocycles. The van der Waals surface area contributed by atoms with E-state index in [-0.39, 0.29) is 11.3 Å². The number of nitrogens with zero attached hydrogens (tertiary/aromatic N) is 1. The van der Waals surface area contributed by atoms with Gasteiger partial charge < -0.3 is 10.0 Å². The van der Waals surface area contributed by atoms with E-state index in [4.69, 9.17) is 5.11 Å². The van der Waals surface area contributed by atoms with Crippen molar-refractivity contribution in [2.45, 2.75) is 17.7 Å². The SMILES string of the molecule is CN(c1ccccc1)c1ccccc1NS(=O)(=O)c1ccc(CCC(=O)O)cc1. The molecule has 0 aromatic heterocycles. The predicted octanol–water partition coefficient (Wildman–Crippen LogP) is 4.27. The second-order valence-corrected chi connectivity index (χ2v) is 8.24. The number of carboxylic acid groups (broad SMARTS) is 1. The number of hydrogen-bond donors (Lipinski definition) is 2. The fraction of sp³-hybridized carbons (Fsp3) is 0.136. The molecule has 0 heterocycles. The van der Waals surface area contributed by atoms with Crippen molar-refractivity contribution in [2.75, 3.05) is 16.7 Å². The summed E-state index contributed by atoms with van der Waals surface area (Å²) in [6, 6.07) is 23.1. The maximum atomic E-state index is 12.9. The quantitative estimate of drug-likeness (QED) is 0.579. The maximum absolute atomic E-state index is 12.9. The van der Waals surface area contributed by atoms with Crippen LogP contribution in [0.4, 0.5) is 17.1 Å². The standard InChI is InChI=1S/C22H22N2O4S/c1-24(18-7-3-2-4-8-18)21-10-6-5-9-20(21)23-29(27,28)19-14-11-17(12-15-19)13-16-22(25)26/h2-12,14-15,23H,13,16H2,1H3,(H,25,26). The fourth-order valence-electron chi connectivity index (χ4n) is 2.93. The molecule has 0 bridgehead atoms. The Hall–Kier alpha value is -3.32. The molecule has 0 spiro atoms. The van der Waals surface area contributed by atoms with E-state index in [0.29, 0.717) is 12.1 Å². The molecule has 0 aliphatic heterocycles. The summed E-state index contributed by atoms with van der Waals surface area (Å²) in [5.41, 5.74) is 2.90. The molecule has 3 aromatic rings. The number of hydrogen-bond acceptors (Lipinski definition) is 4. The molecule has 3 aromatic carbocycles. The van der Waals surface area contributed by atoms with Crippen LogP contribution in [0.3, 0.4) is 0 Å². The second kappa shape index (κ2) is 8.79.